The molecule has 6 nitrogen and oxygen atoms in total. The van der Waals surface area contributed by atoms with E-state index < -0.39 is 6.04 Å². The number of nitrogens with one attached hydrogen (secondary N) is 1. The van der Waals surface area contributed by atoms with E-state index in [2.05, 4.69) is 5.32 Å². The molecule has 0 saturated heterocycles. The molecule has 1 N–H and O–H groups in total. The SMILES string of the molecule is COc1ccc(CN(C)C(=O)CC(NC(=O)c2ccccc2Cl)c2ccccc2)c(OC)c1. The third-order valence-corrected chi connectivity index (χ3v) is 5.66. The lowest BCUT2D eigenvalue weighted by atomic mass is 10.0. The van der Waals surface area contributed by atoms with Crippen molar-refractivity contribution in [3.63, 3.8) is 0 Å². The van der Waals surface area contributed by atoms with Crippen molar-refractivity contribution >= 4 is 23.4 Å². The van der Waals surface area contributed by atoms with E-state index in [0.717, 1.165) is 11.1 Å². The maximum absolute atomic E-state index is 13.1. The maximum Gasteiger partial charge on any atom is 0.253 e. The number of carbonyl (C=O) groups is 2. The Hall–Kier alpha value is -3.51. The largest absolute Gasteiger partial charge is 0.497 e. The van der Waals surface area contributed by atoms with E-state index in [4.69, 9.17) is 21.1 Å². The standard InChI is InChI=1S/C26H27ClN2O4/c1-29(17-19-13-14-20(32-2)15-24(19)33-3)25(30)16-23(18-9-5-4-6-10-18)28-26(31)21-11-7-8-12-22(21)27/h4-15,23H,16-17H2,1-3H3,(H,28,31). The molecule has 3 rings (SSSR count). The zero-order valence-electron chi connectivity index (χ0n) is 18.9. The number of rotatable bonds is 9. The number of nitrogens with zero attached hydrogens (tertiary/aromatic N) is 1. The van der Waals surface area contributed by atoms with Crippen molar-refractivity contribution in [3.8, 4) is 11.5 Å². The first-order valence-corrected chi connectivity index (χ1v) is 10.9. The van der Waals surface area contributed by atoms with Gasteiger partial charge >= 0.3 is 0 Å². The van der Waals surface area contributed by atoms with Crippen LogP contribution < -0.4 is 14.8 Å². The molecule has 0 saturated carbocycles. The number of hydrogen-bond donors (Lipinski definition) is 1. The Morgan fingerprint density at radius 2 is 1.67 bits per heavy atom. The normalized spacial score (nSPS) is 11.4. The zero-order valence-corrected chi connectivity index (χ0v) is 19.6. The second kappa shape index (κ2) is 11.4. The van der Waals surface area contributed by atoms with E-state index in [-0.39, 0.29) is 18.2 Å². The number of ether oxygens (including phenoxy) is 2. The molecule has 2 amide bonds. The van der Waals surface area contributed by atoms with E-state index in [0.29, 0.717) is 28.6 Å². The highest BCUT2D eigenvalue weighted by atomic mass is 35.5. The molecule has 0 fully saturated rings. The number of carbonyl (C=O) groups excluding carboxylic acids is 2. The number of methoxy groups -OCH3 is 2. The van der Waals surface area contributed by atoms with Crippen LogP contribution in [0.4, 0.5) is 0 Å². The molecular formula is C26H27ClN2O4. The Morgan fingerprint density at radius 1 is 0.970 bits per heavy atom. The summed E-state index contributed by atoms with van der Waals surface area (Å²) in [6, 6.07) is 21.2. The van der Waals surface area contributed by atoms with Gasteiger partial charge in [0.2, 0.25) is 5.91 Å². The van der Waals surface area contributed by atoms with Gasteiger partial charge in [0.25, 0.3) is 5.91 Å². The van der Waals surface area contributed by atoms with Crippen LogP contribution in [0.3, 0.4) is 0 Å². The summed E-state index contributed by atoms with van der Waals surface area (Å²) in [6.07, 6.45) is 0.0924. The van der Waals surface area contributed by atoms with Gasteiger partial charge in [-0.1, -0.05) is 54.1 Å². The van der Waals surface area contributed by atoms with Crippen LogP contribution in [0.2, 0.25) is 5.02 Å². The molecule has 0 bridgehead atoms. The lowest BCUT2D eigenvalue weighted by molar-refractivity contribution is -0.130. The van der Waals surface area contributed by atoms with Crippen molar-refractivity contribution in [2.24, 2.45) is 0 Å². The summed E-state index contributed by atoms with van der Waals surface area (Å²) in [7, 11) is 4.89. The summed E-state index contributed by atoms with van der Waals surface area (Å²) in [6.45, 7) is 0.353. The fraction of sp³-hybridized carbons (Fsp3) is 0.231. The van der Waals surface area contributed by atoms with Gasteiger partial charge < -0.3 is 19.7 Å². The summed E-state index contributed by atoms with van der Waals surface area (Å²) in [5.74, 6) is 0.861. The first-order valence-electron chi connectivity index (χ1n) is 10.5. The molecular weight excluding hydrogens is 440 g/mol. The Kier molecular flexibility index (Phi) is 8.33. The molecule has 7 heteroatoms. The van der Waals surface area contributed by atoms with Gasteiger partial charge in [0.05, 0.1) is 37.3 Å². The minimum Gasteiger partial charge on any atom is -0.497 e. The molecule has 3 aromatic carbocycles. The summed E-state index contributed by atoms with van der Waals surface area (Å²) < 4.78 is 10.7. The number of halogens is 1. The third kappa shape index (κ3) is 6.26. The van der Waals surface area contributed by atoms with E-state index in [1.165, 1.54) is 0 Å². The van der Waals surface area contributed by atoms with Gasteiger partial charge in [-0.25, -0.2) is 0 Å². The third-order valence-electron chi connectivity index (χ3n) is 5.33. The molecule has 3 aromatic rings. The first kappa shape index (κ1) is 24.1. The second-order valence-electron chi connectivity index (χ2n) is 7.55. The lowest BCUT2D eigenvalue weighted by Gasteiger charge is -2.24. The predicted octanol–water partition coefficient (Wildman–Crippen LogP) is 4.88. The molecule has 1 unspecified atom stereocenters. The molecule has 33 heavy (non-hydrogen) atoms. The number of amides is 2. The van der Waals surface area contributed by atoms with Gasteiger partial charge in [0.1, 0.15) is 11.5 Å². The van der Waals surface area contributed by atoms with Crippen LogP contribution in [0.5, 0.6) is 11.5 Å². The topological polar surface area (TPSA) is 67.9 Å². The van der Waals surface area contributed by atoms with E-state index in [1.54, 1.807) is 56.5 Å². The molecule has 0 spiro atoms. The predicted molar refractivity (Wildman–Crippen MR) is 129 cm³/mol. The summed E-state index contributed by atoms with van der Waals surface area (Å²) in [5.41, 5.74) is 2.05. The molecule has 0 aromatic heterocycles. The number of hydrogen-bond acceptors (Lipinski definition) is 4. The van der Waals surface area contributed by atoms with E-state index in [9.17, 15) is 9.59 Å². The highest BCUT2D eigenvalue weighted by molar-refractivity contribution is 6.33. The number of benzene rings is 3. The second-order valence-corrected chi connectivity index (χ2v) is 7.96. The van der Waals surface area contributed by atoms with Gasteiger partial charge in [0.15, 0.2) is 0 Å². The smallest absolute Gasteiger partial charge is 0.253 e. The maximum atomic E-state index is 13.1. The average Bonchev–Trinajstić information content (AvgIpc) is 2.84. The van der Waals surface area contributed by atoms with E-state index in [1.807, 2.05) is 42.5 Å². The Labute approximate surface area is 199 Å². The molecule has 0 aliphatic rings. The quantitative estimate of drug-likeness (QED) is 0.488. The van der Waals surface area contributed by atoms with Gasteiger partial charge in [-0.15, -0.1) is 0 Å². The zero-order chi connectivity index (χ0) is 23.8. The minimum absolute atomic E-state index is 0.0924. The minimum atomic E-state index is -0.511. The highest BCUT2D eigenvalue weighted by Gasteiger charge is 2.22. The van der Waals surface area contributed by atoms with E-state index >= 15 is 0 Å². The molecule has 0 aliphatic heterocycles. The van der Waals surface area contributed by atoms with Crippen LogP contribution in [0.15, 0.2) is 72.8 Å². The van der Waals surface area contributed by atoms with Crippen molar-refractivity contribution < 1.29 is 19.1 Å². The average molecular weight is 467 g/mol. The molecule has 0 heterocycles. The van der Waals surface area contributed by atoms with Gasteiger partial charge in [0, 0.05) is 25.2 Å². The van der Waals surface area contributed by atoms with Crippen molar-refractivity contribution in [2.45, 2.75) is 19.0 Å². The van der Waals surface area contributed by atoms with Crippen LogP contribution in [0.25, 0.3) is 0 Å². The fourth-order valence-electron chi connectivity index (χ4n) is 3.48. The Balaban J connectivity index is 1.76. The van der Waals surface area contributed by atoms with Crippen LogP contribution in [0, 0.1) is 0 Å². The van der Waals surface area contributed by atoms with Gasteiger partial charge in [-0.2, -0.15) is 0 Å². The van der Waals surface area contributed by atoms with Crippen LogP contribution in [0.1, 0.15) is 33.9 Å². The lowest BCUT2D eigenvalue weighted by Crippen LogP contribution is -2.34. The highest BCUT2D eigenvalue weighted by Crippen LogP contribution is 2.26. The van der Waals surface area contributed by atoms with Crippen molar-refractivity contribution in [1.29, 1.82) is 0 Å². The monoisotopic (exact) mass is 466 g/mol. The van der Waals surface area contributed by atoms with Crippen molar-refractivity contribution in [3.05, 3.63) is 94.5 Å². The molecule has 172 valence electrons. The molecule has 0 aliphatic carbocycles. The Bertz CT molecular complexity index is 1100. The van der Waals surface area contributed by atoms with Crippen molar-refractivity contribution in [1.82, 2.24) is 10.2 Å². The van der Waals surface area contributed by atoms with Gasteiger partial charge in [-0.05, 0) is 29.8 Å². The summed E-state index contributed by atoms with van der Waals surface area (Å²) >= 11 is 6.19. The Morgan fingerprint density at radius 3 is 2.33 bits per heavy atom. The van der Waals surface area contributed by atoms with Crippen LogP contribution >= 0.6 is 11.6 Å². The van der Waals surface area contributed by atoms with Crippen LogP contribution in [-0.2, 0) is 11.3 Å². The summed E-state index contributed by atoms with van der Waals surface area (Å²) in [4.78, 5) is 27.6. The van der Waals surface area contributed by atoms with Crippen molar-refractivity contribution in [2.75, 3.05) is 21.3 Å². The fourth-order valence-corrected chi connectivity index (χ4v) is 3.70. The van der Waals surface area contributed by atoms with Gasteiger partial charge in [-0.3, -0.25) is 9.59 Å². The summed E-state index contributed by atoms with van der Waals surface area (Å²) in [5, 5.41) is 3.32. The first-order chi connectivity index (χ1) is 15.9. The van der Waals surface area contributed by atoms with Crippen LogP contribution in [-0.4, -0.2) is 38.0 Å². The molecule has 0 radical (unpaired) electrons. The molecule has 1 atom stereocenters.